The van der Waals surface area contributed by atoms with E-state index in [-0.39, 0.29) is 0 Å². The highest BCUT2D eigenvalue weighted by molar-refractivity contribution is 9.10. The van der Waals surface area contributed by atoms with E-state index in [1.807, 2.05) is 25.1 Å². The Kier molecular flexibility index (Phi) is 3.60. The zero-order valence-electron chi connectivity index (χ0n) is 9.95. The van der Waals surface area contributed by atoms with Crippen LogP contribution in [-0.4, -0.2) is 7.11 Å². The molecule has 0 radical (unpaired) electrons. The van der Waals surface area contributed by atoms with Gasteiger partial charge in [0.25, 0.3) is 0 Å². The second-order valence-electron chi connectivity index (χ2n) is 3.76. The number of anilines is 1. The Morgan fingerprint density at radius 2 is 2.17 bits per heavy atom. The lowest BCUT2D eigenvalue weighted by Gasteiger charge is -2.08. The molecule has 2 rings (SSSR count). The molecule has 1 aromatic heterocycles. The Morgan fingerprint density at radius 1 is 1.44 bits per heavy atom. The van der Waals surface area contributed by atoms with Gasteiger partial charge >= 0.3 is 0 Å². The Balaban J connectivity index is 2.66. The maximum Gasteiger partial charge on any atom is 0.128 e. The third-order valence-electron chi connectivity index (χ3n) is 2.70. The second-order valence-corrected chi connectivity index (χ2v) is 5.69. The first kappa shape index (κ1) is 12.9. The van der Waals surface area contributed by atoms with Gasteiger partial charge in [0.05, 0.1) is 12.8 Å². The van der Waals surface area contributed by atoms with Crippen molar-refractivity contribution in [1.29, 1.82) is 5.26 Å². The first-order valence-electron chi connectivity index (χ1n) is 5.21. The number of nitrogen functional groups attached to an aromatic ring is 1. The summed E-state index contributed by atoms with van der Waals surface area (Å²) in [6.45, 7) is 1.92. The summed E-state index contributed by atoms with van der Waals surface area (Å²) in [7, 11) is 1.63. The normalized spacial score (nSPS) is 10.1. The monoisotopic (exact) mass is 322 g/mol. The maximum absolute atomic E-state index is 9.02. The van der Waals surface area contributed by atoms with Crippen molar-refractivity contribution in [3.05, 3.63) is 33.1 Å². The topological polar surface area (TPSA) is 59.0 Å². The van der Waals surface area contributed by atoms with Crippen LogP contribution in [-0.2, 0) is 0 Å². The van der Waals surface area contributed by atoms with Crippen LogP contribution in [0.4, 0.5) is 5.69 Å². The number of nitrogens with two attached hydrogens (primary N) is 1. The zero-order valence-corrected chi connectivity index (χ0v) is 12.4. The Hall–Kier alpha value is -1.51. The summed E-state index contributed by atoms with van der Waals surface area (Å²) in [5.74, 6) is 0.762. The van der Waals surface area contributed by atoms with Gasteiger partial charge in [-0.2, -0.15) is 5.26 Å². The quantitative estimate of drug-likeness (QED) is 0.910. The summed E-state index contributed by atoms with van der Waals surface area (Å²) in [6.07, 6.45) is 0. The SMILES string of the molecule is COc1cc(Br)ccc1-c1sc(C#N)c(N)c1C. The number of halogens is 1. The van der Waals surface area contributed by atoms with E-state index in [4.69, 9.17) is 15.7 Å². The number of hydrogen-bond donors (Lipinski definition) is 1. The smallest absolute Gasteiger partial charge is 0.128 e. The molecule has 5 heteroatoms. The molecular weight excluding hydrogens is 312 g/mol. The van der Waals surface area contributed by atoms with Gasteiger partial charge in [0.1, 0.15) is 16.7 Å². The summed E-state index contributed by atoms with van der Waals surface area (Å²) in [4.78, 5) is 1.53. The van der Waals surface area contributed by atoms with E-state index >= 15 is 0 Å². The largest absolute Gasteiger partial charge is 0.496 e. The van der Waals surface area contributed by atoms with E-state index in [0.717, 1.165) is 26.2 Å². The van der Waals surface area contributed by atoms with Crippen LogP contribution in [0.2, 0.25) is 0 Å². The molecule has 0 aliphatic heterocycles. The Bertz CT molecular complexity index is 643. The number of methoxy groups -OCH3 is 1. The zero-order chi connectivity index (χ0) is 13.3. The van der Waals surface area contributed by atoms with Crippen molar-refractivity contribution in [2.75, 3.05) is 12.8 Å². The van der Waals surface area contributed by atoms with Crippen molar-refractivity contribution in [3.63, 3.8) is 0 Å². The van der Waals surface area contributed by atoms with Crippen LogP contribution in [0.3, 0.4) is 0 Å². The molecule has 0 unspecified atom stereocenters. The van der Waals surface area contributed by atoms with E-state index in [0.29, 0.717) is 10.6 Å². The van der Waals surface area contributed by atoms with Gasteiger partial charge in [0.2, 0.25) is 0 Å². The van der Waals surface area contributed by atoms with Gasteiger partial charge in [0, 0.05) is 14.9 Å². The molecule has 18 heavy (non-hydrogen) atoms. The van der Waals surface area contributed by atoms with Gasteiger partial charge in [-0.05, 0) is 30.7 Å². The standard InChI is InChI=1S/C13H11BrN2OS/c1-7-12(16)11(6-15)18-13(7)9-4-3-8(14)5-10(9)17-2/h3-5H,16H2,1-2H3. The molecule has 0 fully saturated rings. The molecule has 2 aromatic rings. The average Bonchev–Trinajstić information content (AvgIpc) is 2.66. The lowest BCUT2D eigenvalue weighted by atomic mass is 10.1. The van der Waals surface area contributed by atoms with Crippen LogP contribution in [0, 0.1) is 18.3 Å². The van der Waals surface area contributed by atoms with Crippen LogP contribution in [0.25, 0.3) is 10.4 Å². The Morgan fingerprint density at radius 3 is 2.72 bits per heavy atom. The lowest BCUT2D eigenvalue weighted by molar-refractivity contribution is 0.416. The minimum atomic E-state index is 0.549. The van der Waals surface area contributed by atoms with Gasteiger partial charge in [-0.1, -0.05) is 15.9 Å². The molecule has 1 aromatic carbocycles. The number of ether oxygens (including phenoxy) is 1. The number of rotatable bonds is 2. The molecule has 0 atom stereocenters. The number of thiophene rings is 1. The molecule has 0 bridgehead atoms. The fourth-order valence-corrected chi connectivity index (χ4v) is 3.11. The summed E-state index contributed by atoms with van der Waals surface area (Å²) in [5.41, 5.74) is 8.35. The predicted octanol–water partition coefficient (Wildman–Crippen LogP) is 3.95. The fourth-order valence-electron chi connectivity index (χ4n) is 1.72. The first-order valence-corrected chi connectivity index (χ1v) is 6.82. The molecule has 1 heterocycles. The summed E-state index contributed by atoms with van der Waals surface area (Å²) in [6, 6.07) is 7.92. The summed E-state index contributed by atoms with van der Waals surface area (Å²) >= 11 is 4.80. The fraction of sp³-hybridized carbons (Fsp3) is 0.154. The lowest BCUT2D eigenvalue weighted by Crippen LogP contribution is -1.89. The molecule has 0 amide bonds. The van der Waals surface area contributed by atoms with Gasteiger partial charge in [-0.3, -0.25) is 0 Å². The van der Waals surface area contributed by atoms with Crippen LogP contribution < -0.4 is 10.5 Å². The molecule has 2 N–H and O–H groups in total. The van der Waals surface area contributed by atoms with Crippen LogP contribution in [0.1, 0.15) is 10.4 Å². The summed E-state index contributed by atoms with van der Waals surface area (Å²) < 4.78 is 6.32. The van der Waals surface area contributed by atoms with Crippen LogP contribution in [0.5, 0.6) is 5.75 Å². The molecule has 3 nitrogen and oxygen atoms in total. The third-order valence-corrected chi connectivity index (χ3v) is 4.44. The van der Waals surface area contributed by atoms with Gasteiger partial charge in [0.15, 0.2) is 0 Å². The number of hydrogen-bond acceptors (Lipinski definition) is 4. The second kappa shape index (κ2) is 5.01. The molecule has 0 saturated carbocycles. The van der Waals surface area contributed by atoms with Crippen LogP contribution in [0.15, 0.2) is 22.7 Å². The van der Waals surface area contributed by atoms with E-state index in [2.05, 4.69) is 22.0 Å². The molecule has 0 saturated heterocycles. The van der Waals surface area contributed by atoms with Crippen molar-refractivity contribution in [2.45, 2.75) is 6.92 Å². The van der Waals surface area contributed by atoms with Crippen LogP contribution >= 0.6 is 27.3 Å². The first-order chi connectivity index (χ1) is 8.58. The summed E-state index contributed by atoms with van der Waals surface area (Å²) in [5, 5.41) is 9.02. The number of nitriles is 1. The highest BCUT2D eigenvalue weighted by atomic mass is 79.9. The molecule has 0 aliphatic carbocycles. The van der Waals surface area contributed by atoms with E-state index < -0.39 is 0 Å². The molecule has 0 aliphatic rings. The van der Waals surface area contributed by atoms with Gasteiger partial charge in [-0.25, -0.2) is 0 Å². The van der Waals surface area contributed by atoms with Crippen molar-refractivity contribution in [1.82, 2.24) is 0 Å². The van der Waals surface area contributed by atoms with Crippen molar-refractivity contribution in [2.24, 2.45) is 0 Å². The van der Waals surface area contributed by atoms with E-state index in [1.54, 1.807) is 7.11 Å². The third kappa shape index (κ3) is 2.09. The highest BCUT2D eigenvalue weighted by Crippen LogP contribution is 2.42. The van der Waals surface area contributed by atoms with Crippen molar-refractivity contribution < 1.29 is 4.74 Å². The maximum atomic E-state index is 9.02. The van der Waals surface area contributed by atoms with E-state index in [9.17, 15) is 0 Å². The molecule has 92 valence electrons. The average molecular weight is 323 g/mol. The minimum Gasteiger partial charge on any atom is -0.496 e. The highest BCUT2D eigenvalue weighted by Gasteiger charge is 2.16. The van der Waals surface area contributed by atoms with Crippen molar-refractivity contribution >= 4 is 33.0 Å². The predicted molar refractivity (Wildman–Crippen MR) is 77.9 cm³/mol. The van der Waals surface area contributed by atoms with Gasteiger partial charge in [-0.15, -0.1) is 11.3 Å². The molecular formula is C13H11BrN2OS. The number of benzene rings is 1. The minimum absolute atomic E-state index is 0.549. The van der Waals surface area contributed by atoms with Crippen molar-refractivity contribution in [3.8, 4) is 22.3 Å². The van der Waals surface area contributed by atoms with E-state index in [1.165, 1.54) is 11.3 Å². The Labute approximate surface area is 118 Å². The number of nitrogens with zero attached hydrogens (tertiary/aromatic N) is 1. The molecule has 0 spiro atoms. The van der Waals surface area contributed by atoms with Gasteiger partial charge < -0.3 is 10.5 Å².